The Balaban J connectivity index is 2.25. The number of hydrogen-bond acceptors (Lipinski definition) is 5. The van der Waals surface area contributed by atoms with E-state index in [0.717, 1.165) is 6.92 Å². The van der Waals surface area contributed by atoms with Crippen LogP contribution in [0.4, 0.5) is 13.2 Å². The van der Waals surface area contributed by atoms with Crippen LogP contribution in [-0.2, 0) is 0 Å². The molecular formula is C13H12F3N3O2. The summed E-state index contributed by atoms with van der Waals surface area (Å²) in [5, 5.41) is 7.64. The zero-order chi connectivity index (χ0) is 15.5. The molecule has 2 rings (SSSR count). The van der Waals surface area contributed by atoms with Crippen LogP contribution in [-0.4, -0.2) is 34.6 Å². The van der Waals surface area contributed by atoms with E-state index < -0.39 is 12.3 Å². The number of hydrogen-bond donors (Lipinski definition) is 0. The lowest BCUT2D eigenvalue weighted by atomic mass is 10.2. The van der Waals surface area contributed by atoms with E-state index in [1.165, 1.54) is 25.6 Å². The summed E-state index contributed by atoms with van der Waals surface area (Å²) in [7, 11) is 1.48. The van der Waals surface area contributed by atoms with Crippen molar-refractivity contribution in [3.63, 3.8) is 0 Å². The fourth-order valence-electron chi connectivity index (χ4n) is 1.48. The first-order valence-electron chi connectivity index (χ1n) is 5.96. The molecule has 1 unspecified atom stereocenters. The van der Waals surface area contributed by atoms with E-state index >= 15 is 0 Å². The third kappa shape index (κ3) is 3.80. The lowest BCUT2D eigenvalue weighted by Gasteiger charge is -2.17. The van der Waals surface area contributed by atoms with Gasteiger partial charge in [-0.3, -0.25) is 0 Å². The van der Waals surface area contributed by atoms with Gasteiger partial charge >= 0.3 is 6.18 Å². The van der Waals surface area contributed by atoms with Gasteiger partial charge in [0.15, 0.2) is 6.10 Å². The molecule has 0 saturated heterocycles. The van der Waals surface area contributed by atoms with Crippen LogP contribution < -0.4 is 9.47 Å². The van der Waals surface area contributed by atoms with Crippen LogP contribution in [0.5, 0.6) is 11.6 Å². The molecule has 0 fully saturated rings. The van der Waals surface area contributed by atoms with Crippen molar-refractivity contribution in [2.24, 2.45) is 0 Å². The van der Waals surface area contributed by atoms with Gasteiger partial charge in [0.25, 0.3) is 0 Å². The highest BCUT2D eigenvalue weighted by Crippen LogP contribution is 2.26. The van der Waals surface area contributed by atoms with Crippen LogP contribution in [0.3, 0.4) is 0 Å². The topological polar surface area (TPSA) is 57.1 Å². The van der Waals surface area contributed by atoms with E-state index in [1.807, 2.05) is 0 Å². The summed E-state index contributed by atoms with van der Waals surface area (Å²) >= 11 is 0. The van der Waals surface area contributed by atoms with Crippen LogP contribution >= 0.6 is 0 Å². The predicted octanol–water partition coefficient (Wildman–Crippen LogP) is 2.88. The Morgan fingerprint density at radius 2 is 2.00 bits per heavy atom. The maximum absolute atomic E-state index is 12.5. The van der Waals surface area contributed by atoms with Crippen molar-refractivity contribution in [2.75, 3.05) is 7.11 Å². The van der Waals surface area contributed by atoms with Crippen molar-refractivity contribution < 1.29 is 22.6 Å². The summed E-state index contributed by atoms with van der Waals surface area (Å²) in [6.45, 7) is 0.916. The third-order valence-electron chi connectivity index (χ3n) is 2.65. The number of ether oxygens (including phenoxy) is 2. The van der Waals surface area contributed by atoms with Crippen molar-refractivity contribution in [3.05, 3.63) is 30.6 Å². The summed E-state index contributed by atoms with van der Waals surface area (Å²) in [5.41, 5.74) is 0.974. The molecule has 0 aliphatic heterocycles. The molecule has 21 heavy (non-hydrogen) atoms. The van der Waals surface area contributed by atoms with Gasteiger partial charge in [-0.05, 0) is 13.0 Å². The predicted molar refractivity (Wildman–Crippen MR) is 68.0 cm³/mol. The average molecular weight is 299 g/mol. The van der Waals surface area contributed by atoms with Crippen LogP contribution in [0.2, 0.25) is 0 Å². The number of halogens is 3. The Hall–Kier alpha value is -2.38. The third-order valence-corrected chi connectivity index (χ3v) is 2.65. The van der Waals surface area contributed by atoms with Crippen molar-refractivity contribution in [1.29, 1.82) is 0 Å². The Morgan fingerprint density at radius 3 is 2.67 bits per heavy atom. The first kappa shape index (κ1) is 15.0. The molecule has 1 atom stereocenters. The van der Waals surface area contributed by atoms with Crippen molar-refractivity contribution in [2.45, 2.75) is 19.2 Å². The van der Waals surface area contributed by atoms with E-state index in [0.29, 0.717) is 17.0 Å². The number of alkyl halides is 3. The van der Waals surface area contributed by atoms with E-state index in [-0.39, 0.29) is 5.88 Å². The minimum absolute atomic E-state index is 0.137. The molecule has 0 saturated carbocycles. The molecule has 2 aromatic rings. The second-order valence-electron chi connectivity index (χ2n) is 4.17. The van der Waals surface area contributed by atoms with Gasteiger partial charge in [0.2, 0.25) is 5.88 Å². The highest BCUT2D eigenvalue weighted by atomic mass is 19.4. The summed E-state index contributed by atoms with van der Waals surface area (Å²) in [5.74, 6) is 0.352. The summed E-state index contributed by atoms with van der Waals surface area (Å²) in [6.07, 6.45) is -3.63. The van der Waals surface area contributed by atoms with Crippen LogP contribution in [0.1, 0.15) is 6.92 Å². The monoisotopic (exact) mass is 299 g/mol. The lowest BCUT2D eigenvalue weighted by molar-refractivity contribution is -0.189. The molecular weight excluding hydrogens is 287 g/mol. The number of nitrogens with zero attached hydrogens (tertiary/aromatic N) is 3. The fourth-order valence-corrected chi connectivity index (χ4v) is 1.48. The molecule has 0 amide bonds. The summed E-state index contributed by atoms with van der Waals surface area (Å²) in [4.78, 5) is 3.76. The average Bonchev–Trinajstić information content (AvgIpc) is 2.46. The summed E-state index contributed by atoms with van der Waals surface area (Å²) < 4.78 is 47.2. The smallest absolute Gasteiger partial charge is 0.425 e. The normalized spacial score (nSPS) is 12.8. The van der Waals surface area contributed by atoms with Crippen molar-refractivity contribution >= 4 is 0 Å². The van der Waals surface area contributed by atoms with Gasteiger partial charge in [-0.15, -0.1) is 0 Å². The first-order chi connectivity index (χ1) is 9.90. The number of methoxy groups -OCH3 is 1. The second-order valence-corrected chi connectivity index (χ2v) is 4.17. The van der Waals surface area contributed by atoms with Gasteiger partial charge in [0.05, 0.1) is 19.0 Å². The molecule has 0 radical (unpaired) electrons. The maximum Gasteiger partial charge on any atom is 0.425 e. The Morgan fingerprint density at radius 1 is 1.24 bits per heavy atom. The molecule has 0 N–H and O–H groups in total. The molecule has 0 aromatic carbocycles. The second kappa shape index (κ2) is 5.94. The molecule has 2 heterocycles. The summed E-state index contributed by atoms with van der Waals surface area (Å²) in [6, 6.07) is 4.57. The van der Waals surface area contributed by atoms with Crippen LogP contribution in [0.25, 0.3) is 11.3 Å². The van der Waals surface area contributed by atoms with Gasteiger partial charge in [0.1, 0.15) is 5.75 Å². The molecule has 0 aliphatic carbocycles. The molecule has 0 aliphatic rings. The minimum Gasteiger partial charge on any atom is -0.495 e. The van der Waals surface area contributed by atoms with Gasteiger partial charge < -0.3 is 9.47 Å². The molecule has 2 aromatic heterocycles. The van der Waals surface area contributed by atoms with Crippen LogP contribution in [0.15, 0.2) is 30.6 Å². The number of rotatable bonds is 4. The standard InChI is InChI=1S/C13H12F3N3O2/c1-8(13(14,15)16)21-12-5-9(3-4-17-12)11-6-10(20-2)7-18-19-11/h3-8H,1-2H3. The Kier molecular flexibility index (Phi) is 4.25. The van der Waals surface area contributed by atoms with Gasteiger partial charge in [-0.2, -0.15) is 23.4 Å². The lowest BCUT2D eigenvalue weighted by Crippen LogP contribution is -2.31. The quantitative estimate of drug-likeness (QED) is 0.869. The molecule has 5 nitrogen and oxygen atoms in total. The Labute approximate surface area is 118 Å². The van der Waals surface area contributed by atoms with E-state index in [9.17, 15) is 13.2 Å². The maximum atomic E-state index is 12.5. The zero-order valence-corrected chi connectivity index (χ0v) is 11.3. The zero-order valence-electron chi connectivity index (χ0n) is 11.3. The largest absolute Gasteiger partial charge is 0.495 e. The minimum atomic E-state index is -4.45. The van der Waals surface area contributed by atoms with Gasteiger partial charge in [-0.1, -0.05) is 0 Å². The molecule has 0 spiro atoms. The molecule has 8 heteroatoms. The number of pyridine rings is 1. The fraction of sp³-hybridized carbons (Fsp3) is 0.308. The van der Waals surface area contributed by atoms with Crippen molar-refractivity contribution in [3.8, 4) is 22.9 Å². The van der Waals surface area contributed by atoms with Gasteiger partial charge in [0, 0.05) is 23.9 Å². The molecule has 112 valence electrons. The molecule has 0 bridgehead atoms. The van der Waals surface area contributed by atoms with E-state index in [1.54, 1.807) is 12.1 Å². The SMILES string of the molecule is COc1cnnc(-c2ccnc(OC(C)C(F)(F)F)c2)c1. The van der Waals surface area contributed by atoms with Crippen molar-refractivity contribution in [1.82, 2.24) is 15.2 Å². The highest BCUT2D eigenvalue weighted by Gasteiger charge is 2.38. The van der Waals surface area contributed by atoms with Gasteiger partial charge in [-0.25, -0.2) is 4.98 Å². The van der Waals surface area contributed by atoms with Crippen LogP contribution in [0, 0.1) is 0 Å². The Bertz CT molecular complexity index is 620. The highest BCUT2D eigenvalue weighted by molar-refractivity contribution is 5.60. The van der Waals surface area contributed by atoms with E-state index in [2.05, 4.69) is 15.2 Å². The number of aromatic nitrogens is 3. The first-order valence-corrected chi connectivity index (χ1v) is 5.96. The van der Waals surface area contributed by atoms with E-state index in [4.69, 9.17) is 9.47 Å².